The Morgan fingerprint density at radius 1 is 1.62 bits per heavy atom. The third-order valence-corrected chi connectivity index (χ3v) is 4.39. The largest absolute Gasteiger partial charge is 0.314 e. The average Bonchev–Trinajstić information content (AvgIpc) is 2.60. The number of nitrogens with one attached hydrogen (secondary N) is 1. The number of hydrogen-bond acceptors (Lipinski definition) is 3. The first kappa shape index (κ1) is 12.4. The lowest BCUT2D eigenvalue weighted by molar-refractivity contribution is 0.103. The van der Waals surface area contributed by atoms with Crippen molar-refractivity contribution in [3.8, 4) is 0 Å². The van der Waals surface area contributed by atoms with Crippen molar-refractivity contribution in [1.29, 1.82) is 0 Å². The van der Waals surface area contributed by atoms with Crippen LogP contribution < -0.4 is 5.32 Å². The van der Waals surface area contributed by atoms with Crippen LogP contribution in [0.15, 0.2) is 11.4 Å². The normalized spacial score (nSPS) is 18.8. The van der Waals surface area contributed by atoms with E-state index in [1.807, 2.05) is 0 Å². The fourth-order valence-electron chi connectivity index (χ4n) is 2.19. The van der Waals surface area contributed by atoms with Gasteiger partial charge in [0.2, 0.25) is 0 Å². The first-order valence-corrected chi connectivity index (χ1v) is 7.18. The first-order chi connectivity index (χ1) is 7.72. The van der Waals surface area contributed by atoms with Gasteiger partial charge in [-0.3, -0.25) is 4.90 Å². The van der Waals surface area contributed by atoms with E-state index in [1.165, 1.54) is 18.5 Å². The van der Waals surface area contributed by atoms with Gasteiger partial charge in [-0.15, -0.1) is 11.3 Å². The van der Waals surface area contributed by atoms with Crippen LogP contribution in [-0.2, 0) is 0 Å². The van der Waals surface area contributed by atoms with Gasteiger partial charge in [-0.1, -0.05) is 18.5 Å². The Morgan fingerprint density at radius 3 is 2.81 bits per heavy atom. The SMILES string of the molecule is CCCN(C1CNC1)C(C)c1csc(Cl)c1. The van der Waals surface area contributed by atoms with Gasteiger partial charge in [-0.05, 0) is 36.9 Å². The Bertz CT molecular complexity index is 336. The predicted octanol–water partition coefficient (Wildman–Crippen LogP) is 3.15. The highest BCUT2D eigenvalue weighted by atomic mass is 35.5. The summed E-state index contributed by atoms with van der Waals surface area (Å²) >= 11 is 7.63. The van der Waals surface area contributed by atoms with Crippen LogP contribution in [0.5, 0.6) is 0 Å². The third kappa shape index (κ3) is 2.59. The van der Waals surface area contributed by atoms with E-state index in [9.17, 15) is 0 Å². The molecule has 0 saturated carbocycles. The van der Waals surface area contributed by atoms with Crippen LogP contribution in [0, 0.1) is 0 Å². The van der Waals surface area contributed by atoms with E-state index >= 15 is 0 Å². The molecule has 1 aromatic rings. The first-order valence-electron chi connectivity index (χ1n) is 5.92. The molecule has 1 aliphatic heterocycles. The average molecular weight is 259 g/mol. The van der Waals surface area contributed by atoms with E-state index in [-0.39, 0.29) is 0 Å². The number of halogens is 1. The van der Waals surface area contributed by atoms with E-state index in [0.29, 0.717) is 12.1 Å². The Kier molecular flexibility index (Phi) is 4.25. The van der Waals surface area contributed by atoms with Gasteiger partial charge >= 0.3 is 0 Å². The van der Waals surface area contributed by atoms with E-state index < -0.39 is 0 Å². The Morgan fingerprint density at radius 2 is 2.38 bits per heavy atom. The fourth-order valence-corrected chi connectivity index (χ4v) is 3.17. The summed E-state index contributed by atoms with van der Waals surface area (Å²) in [4.78, 5) is 2.59. The maximum absolute atomic E-state index is 6.00. The molecule has 2 rings (SSSR count). The van der Waals surface area contributed by atoms with Gasteiger partial charge in [0.05, 0.1) is 4.34 Å². The minimum absolute atomic E-state index is 0.482. The molecule has 1 aliphatic rings. The third-order valence-electron chi connectivity index (χ3n) is 3.28. The van der Waals surface area contributed by atoms with E-state index in [4.69, 9.17) is 11.6 Å². The summed E-state index contributed by atoms with van der Waals surface area (Å²) in [6, 6.07) is 3.29. The van der Waals surface area contributed by atoms with Crippen molar-refractivity contribution < 1.29 is 0 Å². The molecule has 0 amide bonds. The van der Waals surface area contributed by atoms with Crippen LogP contribution in [0.2, 0.25) is 4.34 Å². The molecule has 0 aliphatic carbocycles. The lowest BCUT2D eigenvalue weighted by Gasteiger charge is -2.41. The molecule has 0 aromatic carbocycles. The molecule has 1 unspecified atom stereocenters. The van der Waals surface area contributed by atoms with Crippen molar-refractivity contribution in [3.63, 3.8) is 0 Å². The van der Waals surface area contributed by atoms with Crippen molar-refractivity contribution in [2.75, 3.05) is 19.6 Å². The molecule has 2 heterocycles. The van der Waals surface area contributed by atoms with Crippen LogP contribution >= 0.6 is 22.9 Å². The van der Waals surface area contributed by atoms with Crippen molar-refractivity contribution in [2.45, 2.75) is 32.4 Å². The summed E-state index contributed by atoms with van der Waals surface area (Å²) in [6.07, 6.45) is 1.21. The second kappa shape index (κ2) is 5.50. The molecule has 0 bridgehead atoms. The van der Waals surface area contributed by atoms with E-state index in [0.717, 1.165) is 17.4 Å². The number of rotatable bonds is 5. The zero-order valence-corrected chi connectivity index (χ0v) is 11.4. The molecule has 2 nitrogen and oxygen atoms in total. The van der Waals surface area contributed by atoms with Gasteiger partial charge < -0.3 is 5.32 Å². The maximum atomic E-state index is 6.00. The van der Waals surface area contributed by atoms with Gasteiger partial charge in [-0.2, -0.15) is 0 Å². The molecule has 1 aromatic heterocycles. The second-order valence-corrected chi connectivity index (χ2v) is 5.95. The van der Waals surface area contributed by atoms with Crippen molar-refractivity contribution in [3.05, 3.63) is 21.3 Å². The van der Waals surface area contributed by atoms with Gasteiger partial charge in [0, 0.05) is 25.2 Å². The molecular formula is C12H19ClN2S. The predicted molar refractivity (Wildman–Crippen MR) is 71.4 cm³/mol. The molecular weight excluding hydrogens is 240 g/mol. The molecule has 1 N–H and O–H groups in total. The zero-order valence-electron chi connectivity index (χ0n) is 9.87. The monoisotopic (exact) mass is 258 g/mol. The van der Waals surface area contributed by atoms with Gasteiger partial charge in [0.1, 0.15) is 0 Å². The van der Waals surface area contributed by atoms with Gasteiger partial charge in [0.25, 0.3) is 0 Å². The van der Waals surface area contributed by atoms with Crippen LogP contribution in [0.25, 0.3) is 0 Å². The van der Waals surface area contributed by atoms with E-state index in [1.54, 1.807) is 11.3 Å². The lowest BCUT2D eigenvalue weighted by atomic mass is 10.0. The Balaban J connectivity index is 2.06. The fraction of sp³-hybridized carbons (Fsp3) is 0.667. The van der Waals surface area contributed by atoms with Crippen LogP contribution in [0.1, 0.15) is 31.9 Å². The molecule has 90 valence electrons. The van der Waals surface area contributed by atoms with Gasteiger partial charge in [-0.25, -0.2) is 0 Å². The highest BCUT2D eigenvalue weighted by molar-refractivity contribution is 7.14. The van der Waals surface area contributed by atoms with E-state index in [2.05, 4.69) is 35.5 Å². The summed E-state index contributed by atoms with van der Waals surface area (Å²) < 4.78 is 0.894. The molecule has 0 spiro atoms. The highest BCUT2D eigenvalue weighted by Crippen LogP contribution is 2.30. The Hall–Kier alpha value is -0.0900. The van der Waals surface area contributed by atoms with Crippen molar-refractivity contribution in [1.82, 2.24) is 10.2 Å². The highest BCUT2D eigenvalue weighted by Gasteiger charge is 2.28. The lowest BCUT2D eigenvalue weighted by Crippen LogP contribution is -2.57. The summed E-state index contributed by atoms with van der Waals surface area (Å²) in [7, 11) is 0. The smallest absolute Gasteiger partial charge is 0.0931 e. The minimum atomic E-state index is 0.482. The topological polar surface area (TPSA) is 15.3 Å². The van der Waals surface area contributed by atoms with Gasteiger partial charge in [0.15, 0.2) is 0 Å². The number of thiophene rings is 1. The van der Waals surface area contributed by atoms with Crippen LogP contribution in [0.3, 0.4) is 0 Å². The minimum Gasteiger partial charge on any atom is -0.314 e. The molecule has 1 atom stereocenters. The quantitative estimate of drug-likeness (QED) is 0.873. The zero-order chi connectivity index (χ0) is 11.5. The molecule has 1 fully saturated rings. The number of hydrogen-bond donors (Lipinski definition) is 1. The second-order valence-electron chi connectivity index (χ2n) is 4.41. The molecule has 0 radical (unpaired) electrons. The summed E-state index contributed by atoms with van der Waals surface area (Å²) in [5, 5.41) is 5.53. The Labute approximate surface area is 107 Å². The molecule has 1 saturated heterocycles. The summed E-state index contributed by atoms with van der Waals surface area (Å²) in [5.74, 6) is 0. The molecule has 4 heteroatoms. The standard InChI is InChI=1S/C12H19ClN2S/c1-3-4-15(11-6-14-7-11)9(2)10-5-12(13)16-8-10/h5,8-9,11,14H,3-4,6-7H2,1-2H3. The summed E-state index contributed by atoms with van der Waals surface area (Å²) in [5.41, 5.74) is 1.36. The number of nitrogens with zero attached hydrogens (tertiary/aromatic N) is 1. The van der Waals surface area contributed by atoms with Crippen LogP contribution in [0.4, 0.5) is 0 Å². The van der Waals surface area contributed by atoms with Crippen molar-refractivity contribution >= 4 is 22.9 Å². The maximum Gasteiger partial charge on any atom is 0.0931 e. The van der Waals surface area contributed by atoms with Crippen LogP contribution in [-0.4, -0.2) is 30.6 Å². The molecule has 16 heavy (non-hydrogen) atoms. The summed E-state index contributed by atoms with van der Waals surface area (Å²) in [6.45, 7) is 7.95. The van der Waals surface area contributed by atoms with Crippen molar-refractivity contribution in [2.24, 2.45) is 0 Å².